The zero-order valence-corrected chi connectivity index (χ0v) is 21.2. The Balaban J connectivity index is 1.36. The number of rotatable bonds is 4. The van der Waals surface area contributed by atoms with Gasteiger partial charge in [0.15, 0.2) is 5.65 Å². The van der Waals surface area contributed by atoms with Crippen molar-refractivity contribution in [1.82, 2.24) is 23.9 Å². The van der Waals surface area contributed by atoms with Crippen LogP contribution in [0, 0.1) is 11.3 Å². The molecule has 0 aromatic carbocycles. The Hall–Kier alpha value is -2.35. The molecule has 1 aliphatic carbocycles. The molecule has 33 heavy (non-hydrogen) atoms. The second-order valence-corrected chi connectivity index (χ2v) is 11.9. The van der Waals surface area contributed by atoms with Crippen molar-refractivity contribution in [2.45, 2.75) is 66.0 Å². The SMILES string of the molecule is Cn1c(=O)n(CC(C)(C)C)c2ccc(C3CC3CN3CCN(C(=O)OC(C)(C)C)CC3)nc21. The summed E-state index contributed by atoms with van der Waals surface area (Å²) in [6.45, 7) is 17.0. The van der Waals surface area contributed by atoms with Crippen LogP contribution in [0.1, 0.15) is 59.6 Å². The van der Waals surface area contributed by atoms with E-state index >= 15 is 0 Å². The number of piperazine rings is 1. The standard InChI is InChI=1S/C25H39N5O3/c1-24(2,3)16-30-20-9-8-19(26-21(20)27(7)22(30)31)18-14-17(18)15-28-10-12-29(13-11-28)23(32)33-25(4,5)6/h8-9,17-18H,10-16H2,1-7H3. The molecular formula is C25H39N5O3. The van der Waals surface area contributed by atoms with Gasteiger partial charge in [-0.25, -0.2) is 14.6 Å². The quantitative estimate of drug-likeness (QED) is 0.703. The highest BCUT2D eigenvalue weighted by Gasteiger charge is 2.41. The van der Waals surface area contributed by atoms with Gasteiger partial charge in [0, 0.05) is 57.9 Å². The molecule has 0 spiro atoms. The summed E-state index contributed by atoms with van der Waals surface area (Å²) < 4.78 is 9.02. The number of aryl methyl sites for hydroxylation is 1. The van der Waals surface area contributed by atoms with Crippen molar-refractivity contribution >= 4 is 17.3 Å². The van der Waals surface area contributed by atoms with Crippen LogP contribution >= 0.6 is 0 Å². The molecule has 0 radical (unpaired) electrons. The predicted molar refractivity (Wildman–Crippen MR) is 130 cm³/mol. The van der Waals surface area contributed by atoms with Crippen LogP contribution in [-0.2, 0) is 18.3 Å². The van der Waals surface area contributed by atoms with Gasteiger partial charge in [0.25, 0.3) is 0 Å². The maximum atomic E-state index is 12.8. The number of hydrogen-bond acceptors (Lipinski definition) is 5. The lowest BCUT2D eigenvalue weighted by Crippen LogP contribution is -2.50. The van der Waals surface area contributed by atoms with Gasteiger partial charge in [-0.1, -0.05) is 20.8 Å². The highest BCUT2D eigenvalue weighted by atomic mass is 16.6. The van der Waals surface area contributed by atoms with E-state index in [1.807, 2.05) is 37.3 Å². The molecule has 8 heteroatoms. The molecule has 1 saturated carbocycles. The summed E-state index contributed by atoms with van der Waals surface area (Å²) in [6.07, 6.45) is 0.912. The number of hydrogen-bond donors (Lipinski definition) is 0. The summed E-state index contributed by atoms with van der Waals surface area (Å²) in [5, 5.41) is 0. The first-order chi connectivity index (χ1) is 15.3. The van der Waals surface area contributed by atoms with Gasteiger partial charge in [-0.15, -0.1) is 0 Å². The van der Waals surface area contributed by atoms with Crippen LogP contribution < -0.4 is 5.69 Å². The predicted octanol–water partition coefficient (Wildman–Crippen LogP) is 3.44. The molecule has 3 heterocycles. The molecule has 2 fully saturated rings. The molecule has 4 rings (SSSR count). The van der Waals surface area contributed by atoms with Crippen molar-refractivity contribution in [3.8, 4) is 0 Å². The van der Waals surface area contributed by atoms with Crippen molar-refractivity contribution in [3.63, 3.8) is 0 Å². The van der Waals surface area contributed by atoms with E-state index in [2.05, 4.69) is 37.8 Å². The molecule has 1 amide bonds. The summed E-state index contributed by atoms with van der Waals surface area (Å²) >= 11 is 0. The van der Waals surface area contributed by atoms with Crippen LogP contribution in [0.5, 0.6) is 0 Å². The van der Waals surface area contributed by atoms with Gasteiger partial charge in [0.2, 0.25) is 0 Å². The molecule has 0 bridgehead atoms. The number of aromatic nitrogens is 3. The van der Waals surface area contributed by atoms with Gasteiger partial charge in [-0.05, 0) is 50.7 Å². The van der Waals surface area contributed by atoms with E-state index in [0.29, 0.717) is 31.5 Å². The Morgan fingerprint density at radius 1 is 1.09 bits per heavy atom. The molecular weight excluding hydrogens is 418 g/mol. The first-order valence-corrected chi connectivity index (χ1v) is 12.1. The summed E-state index contributed by atoms with van der Waals surface area (Å²) in [6, 6.07) is 4.17. The third kappa shape index (κ3) is 5.42. The van der Waals surface area contributed by atoms with Crippen LogP contribution in [0.25, 0.3) is 11.2 Å². The van der Waals surface area contributed by atoms with E-state index in [1.54, 1.807) is 4.57 Å². The lowest BCUT2D eigenvalue weighted by atomic mass is 9.97. The van der Waals surface area contributed by atoms with Crippen LogP contribution in [0.3, 0.4) is 0 Å². The monoisotopic (exact) mass is 457 g/mol. The van der Waals surface area contributed by atoms with E-state index in [9.17, 15) is 9.59 Å². The molecule has 1 saturated heterocycles. The Labute approximate surface area is 196 Å². The zero-order valence-electron chi connectivity index (χ0n) is 21.2. The number of fused-ring (bicyclic) bond motifs is 1. The fourth-order valence-corrected chi connectivity index (χ4v) is 4.70. The van der Waals surface area contributed by atoms with Crippen LogP contribution in [0.4, 0.5) is 4.79 Å². The van der Waals surface area contributed by atoms with Crippen LogP contribution in [0.15, 0.2) is 16.9 Å². The minimum atomic E-state index is -0.458. The van der Waals surface area contributed by atoms with E-state index in [4.69, 9.17) is 9.72 Å². The van der Waals surface area contributed by atoms with Gasteiger partial charge < -0.3 is 9.64 Å². The number of ether oxygens (including phenoxy) is 1. The highest BCUT2D eigenvalue weighted by Crippen LogP contribution is 2.47. The lowest BCUT2D eigenvalue weighted by Gasteiger charge is -2.35. The van der Waals surface area contributed by atoms with E-state index in [1.165, 1.54) is 0 Å². The minimum Gasteiger partial charge on any atom is -0.444 e. The molecule has 182 valence electrons. The van der Waals surface area contributed by atoms with Crippen molar-refractivity contribution in [2.24, 2.45) is 18.4 Å². The fraction of sp³-hybridized carbons (Fsp3) is 0.720. The van der Waals surface area contributed by atoms with Crippen molar-refractivity contribution in [2.75, 3.05) is 32.7 Å². The number of carbonyl (C=O) groups excluding carboxylic acids is 1. The molecule has 2 aromatic heterocycles. The highest BCUT2D eigenvalue weighted by molar-refractivity contribution is 5.72. The number of imidazole rings is 1. The second kappa shape index (κ2) is 8.46. The molecule has 2 aromatic rings. The first kappa shape index (κ1) is 23.8. The van der Waals surface area contributed by atoms with Crippen LogP contribution in [0.2, 0.25) is 0 Å². The van der Waals surface area contributed by atoms with E-state index in [-0.39, 0.29) is 17.2 Å². The van der Waals surface area contributed by atoms with Crippen molar-refractivity contribution in [3.05, 3.63) is 28.3 Å². The number of nitrogens with zero attached hydrogens (tertiary/aromatic N) is 5. The average Bonchev–Trinajstić information content (AvgIpc) is 3.44. The Kier molecular flexibility index (Phi) is 6.10. The number of pyridine rings is 1. The molecule has 2 unspecified atom stereocenters. The maximum Gasteiger partial charge on any atom is 0.410 e. The zero-order chi connectivity index (χ0) is 24.1. The normalized spacial score (nSPS) is 22.1. The van der Waals surface area contributed by atoms with Gasteiger partial charge in [-0.2, -0.15) is 0 Å². The largest absolute Gasteiger partial charge is 0.444 e. The summed E-state index contributed by atoms with van der Waals surface area (Å²) in [7, 11) is 1.81. The molecule has 8 nitrogen and oxygen atoms in total. The van der Waals surface area contributed by atoms with Gasteiger partial charge in [-0.3, -0.25) is 14.0 Å². The molecule has 2 atom stereocenters. The Morgan fingerprint density at radius 2 is 1.76 bits per heavy atom. The lowest BCUT2D eigenvalue weighted by molar-refractivity contribution is 0.0141. The van der Waals surface area contributed by atoms with Gasteiger partial charge >= 0.3 is 11.8 Å². The maximum absolute atomic E-state index is 12.8. The summed E-state index contributed by atoms with van der Waals surface area (Å²) in [5.41, 5.74) is 2.34. The topological polar surface area (TPSA) is 72.6 Å². The molecule has 0 N–H and O–H groups in total. The third-order valence-electron chi connectivity index (χ3n) is 6.45. The van der Waals surface area contributed by atoms with Crippen molar-refractivity contribution < 1.29 is 9.53 Å². The van der Waals surface area contributed by atoms with Crippen molar-refractivity contribution in [1.29, 1.82) is 0 Å². The van der Waals surface area contributed by atoms with Crippen LogP contribution in [-0.4, -0.2) is 68.3 Å². The minimum absolute atomic E-state index is 0.000204. The van der Waals surface area contributed by atoms with E-state index < -0.39 is 5.60 Å². The Bertz CT molecular complexity index is 1080. The Morgan fingerprint density at radius 3 is 2.36 bits per heavy atom. The number of amides is 1. The number of carbonyl (C=O) groups is 1. The summed E-state index contributed by atoms with van der Waals surface area (Å²) in [5.74, 6) is 1.02. The average molecular weight is 458 g/mol. The molecule has 2 aliphatic rings. The molecule has 1 aliphatic heterocycles. The van der Waals surface area contributed by atoms with Gasteiger partial charge in [0.1, 0.15) is 5.60 Å². The first-order valence-electron chi connectivity index (χ1n) is 12.1. The smallest absolute Gasteiger partial charge is 0.410 e. The summed E-state index contributed by atoms with van der Waals surface area (Å²) in [4.78, 5) is 34.2. The van der Waals surface area contributed by atoms with E-state index in [0.717, 1.165) is 42.9 Å². The third-order valence-corrected chi connectivity index (χ3v) is 6.45. The fourth-order valence-electron chi connectivity index (χ4n) is 4.70. The second-order valence-electron chi connectivity index (χ2n) is 11.9. The van der Waals surface area contributed by atoms with Gasteiger partial charge in [0.05, 0.1) is 5.52 Å².